The van der Waals surface area contributed by atoms with Gasteiger partial charge in [-0.2, -0.15) is 0 Å². The summed E-state index contributed by atoms with van der Waals surface area (Å²) >= 11 is 0. The van der Waals surface area contributed by atoms with Crippen molar-refractivity contribution in [1.29, 1.82) is 0 Å². The highest BCUT2D eigenvalue weighted by Crippen LogP contribution is 2.37. The van der Waals surface area contributed by atoms with E-state index in [0.717, 1.165) is 26.5 Å². The molecule has 1 aliphatic carbocycles. The molecule has 12 heavy (non-hydrogen) atoms. The molecular formula is C7H20O2Si3. The van der Waals surface area contributed by atoms with Gasteiger partial charge in [-0.3, -0.25) is 0 Å². The van der Waals surface area contributed by atoms with Crippen LogP contribution in [0.25, 0.3) is 0 Å². The molecule has 0 heterocycles. The third-order valence-electron chi connectivity index (χ3n) is 3.16. The van der Waals surface area contributed by atoms with Crippen LogP contribution in [0.4, 0.5) is 0 Å². The predicted molar refractivity (Wildman–Crippen MR) is 60.5 cm³/mol. The van der Waals surface area contributed by atoms with E-state index in [0.29, 0.717) is 0 Å². The van der Waals surface area contributed by atoms with Crippen LogP contribution in [-0.4, -0.2) is 29.5 Å². The van der Waals surface area contributed by atoms with Crippen LogP contribution in [0.1, 0.15) is 32.1 Å². The Morgan fingerprint density at radius 1 is 1.08 bits per heavy atom. The van der Waals surface area contributed by atoms with Crippen LogP contribution in [0.2, 0.25) is 12.1 Å². The van der Waals surface area contributed by atoms with Gasteiger partial charge in [-0.1, -0.05) is 19.3 Å². The molecule has 0 amide bonds. The molecule has 0 spiro atoms. The summed E-state index contributed by atoms with van der Waals surface area (Å²) in [5.41, 5.74) is 0.793. The molecule has 5 heteroatoms. The van der Waals surface area contributed by atoms with Gasteiger partial charge >= 0.3 is 8.56 Å². The van der Waals surface area contributed by atoms with Crippen molar-refractivity contribution in [2.24, 2.45) is 0 Å². The molecule has 1 rings (SSSR count). The Morgan fingerprint density at radius 3 is 2.00 bits per heavy atom. The zero-order chi connectivity index (χ0) is 9.03. The van der Waals surface area contributed by atoms with Crippen molar-refractivity contribution < 1.29 is 8.23 Å². The van der Waals surface area contributed by atoms with Crippen LogP contribution in [0.5, 0.6) is 0 Å². The maximum absolute atomic E-state index is 5.72. The van der Waals surface area contributed by atoms with Crippen LogP contribution in [-0.2, 0) is 8.23 Å². The summed E-state index contributed by atoms with van der Waals surface area (Å²) in [7, 11) is 0.0249. The van der Waals surface area contributed by atoms with E-state index >= 15 is 0 Å². The minimum Gasteiger partial charge on any atom is -0.445 e. The lowest BCUT2D eigenvalue weighted by atomic mass is 10.0. The molecule has 0 radical (unpaired) electrons. The van der Waals surface area contributed by atoms with Crippen molar-refractivity contribution in [3.05, 3.63) is 0 Å². The maximum Gasteiger partial charge on any atom is 0.316 e. The zero-order valence-electron chi connectivity index (χ0n) is 8.43. The second-order valence-electron chi connectivity index (χ2n) is 3.76. The maximum atomic E-state index is 5.72. The van der Waals surface area contributed by atoms with Gasteiger partial charge in [0.05, 0.1) is 0 Å². The number of rotatable bonds is 3. The first-order valence-electron chi connectivity index (χ1n) is 4.83. The van der Waals surface area contributed by atoms with Crippen molar-refractivity contribution in [3.63, 3.8) is 0 Å². The van der Waals surface area contributed by atoms with Gasteiger partial charge in [-0.05, 0) is 19.4 Å². The molecule has 1 saturated carbocycles. The fraction of sp³-hybridized carbons (Fsp3) is 1.00. The summed E-state index contributed by atoms with van der Waals surface area (Å²) in [6.07, 6.45) is 6.91. The fourth-order valence-corrected chi connectivity index (χ4v) is 8.33. The molecule has 0 unspecified atom stereocenters. The van der Waals surface area contributed by atoms with E-state index in [4.69, 9.17) is 8.23 Å². The summed E-state index contributed by atoms with van der Waals surface area (Å²) in [5.74, 6) is 0. The highest BCUT2D eigenvalue weighted by Gasteiger charge is 2.38. The van der Waals surface area contributed by atoms with Crippen LogP contribution < -0.4 is 0 Å². The van der Waals surface area contributed by atoms with E-state index in [1.54, 1.807) is 0 Å². The standard InChI is InChI=1S/C7H20O2Si3/c1-12(8-10,9-11)7-5-3-2-4-6-7/h7H,2-6H2,1,10-11H3. The van der Waals surface area contributed by atoms with E-state index < -0.39 is 8.56 Å². The first-order chi connectivity index (χ1) is 5.73. The third kappa shape index (κ3) is 2.29. The molecule has 0 atom stereocenters. The van der Waals surface area contributed by atoms with Crippen molar-refractivity contribution in [2.45, 2.75) is 44.2 Å². The molecule has 0 aliphatic heterocycles. The number of hydrogen-bond donors (Lipinski definition) is 0. The summed E-state index contributed by atoms with van der Waals surface area (Å²) in [6, 6.07) is 0. The lowest BCUT2D eigenvalue weighted by Crippen LogP contribution is -2.43. The molecule has 0 aromatic carbocycles. The molecule has 0 bridgehead atoms. The molecule has 72 valence electrons. The largest absolute Gasteiger partial charge is 0.445 e. The van der Waals surface area contributed by atoms with Gasteiger partial charge in [-0.15, -0.1) is 0 Å². The topological polar surface area (TPSA) is 18.5 Å². The Kier molecular flexibility index (Phi) is 4.18. The van der Waals surface area contributed by atoms with Gasteiger partial charge in [-0.25, -0.2) is 0 Å². The second kappa shape index (κ2) is 4.71. The van der Waals surface area contributed by atoms with Crippen LogP contribution in [0.3, 0.4) is 0 Å². The summed E-state index contributed by atoms with van der Waals surface area (Å²) in [6.45, 7) is 2.25. The Bertz CT molecular complexity index is 133. The van der Waals surface area contributed by atoms with Gasteiger partial charge in [0, 0.05) is 5.54 Å². The average Bonchev–Trinajstić information content (AvgIpc) is 2.18. The highest BCUT2D eigenvalue weighted by atomic mass is 28.4. The second-order valence-corrected chi connectivity index (χ2v) is 9.87. The quantitative estimate of drug-likeness (QED) is 0.623. The predicted octanol–water partition coefficient (Wildman–Crippen LogP) is -0.0133. The van der Waals surface area contributed by atoms with Gasteiger partial charge in [0.1, 0.15) is 21.0 Å². The van der Waals surface area contributed by atoms with Crippen molar-refractivity contribution in [1.82, 2.24) is 0 Å². The Labute approximate surface area is 82.4 Å². The van der Waals surface area contributed by atoms with Crippen molar-refractivity contribution in [2.75, 3.05) is 0 Å². The summed E-state index contributed by atoms with van der Waals surface area (Å²) in [4.78, 5) is 0. The van der Waals surface area contributed by atoms with Gasteiger partial charge in [0.25, 0.3) is 0 Å². The highest BCUT2D eigenvalue weighted by molar-refractivity contribution is 6.72. The summed E-state index contributed by atoms with van der Waals surface area (Å²) in [5, 5.41) is 0. The molecule has 0 saturated heterocycles. The third-order valence-corrected chi connectivity index (χ3v) is 11.7. The number of hydrogen-bond acceptors (Lipinski definition) is 2. The normalized spacial score (nSPS) is 25.8. The van der Waals surface area contributed by atoms with Gasteiger partial charge < -0.3 is 8.23 Å². The SMILES string of the molecule is C[Si](O[SiH3])(O[SiH3])C1CCCCC1. The van der Waals surface area contributed by atoms with Crippen LogP contribution in [0, 0.1) is 0 Å². The van der Waals surface area contributed by atoms with Gasteiger partial charge in [0.15, 0.2) is 0 Å². The molecule has 2 nitrogen and oxygen atoms in total. The van der Waals surface area contributed by atoms with E-state index in [-0.39, 0.29) is 0 Å². The fourth-order valence-electron chi connectivity index (χ4n) is 2.04. The molecule has 1 fully saturated rings. The summed E-state index contributed by atoms with van der Waals surface area (Å²) < 4.78 is 11.4. The smallest absolute Gasteiger partial charge is 0.316 e. The van der Waals surface area contributed by atoms with E-state index in [9.17, 15) is 0 Å². The van der Waals surface area contributed by atoms with Gasteiger partial charge in [0.2, 0.25) is 0 Å². The average molecular weight is 220 g/mol. The monoisotopic (exact) mass is 220 g/mol. The molecule has 0 aromatic rings. The first kappa shape index (κ1) is 10.7. The van der Waals surface area contributed by atoms with E-state index in [1.165, 1.54) is 32.1 Å². The Morgan fingerprint density at radius 2 is 1.58 bits per heavy atom. The lowest BCUT2D eigenvalue weighted by Gasteiger charge is -2.35. The van der Waals surface area contributed by atoms with E-state index in [1.807, 2.05) is 0 Å². The minimum atomic E-state index is -1.67. The van der Waals surface area contributed by atoms with Crippen LogP contribution >= 0.6 is 0 Å². The first-order valence-corrected chi connectivity index (χ1v) is 8.86. The van der Waals surface area contributed by atoms with Crippen molar-refractivity contribution >= 4 is 29.5 Å². The molecular weight excluding hydrogens is 200 g/mol. The zero-order valence-corrected chi connectivity index (χ0v) is 13.4. The van der Waals surface area contributed by atoms with Crippen molar-refractivity contribution in [3.8, 4) is 0 Å². The lowest BCUT2D eigenvalue weighted by molar-refractivity contribution is 0.363. The Hall–Kier alpha value is 0.571. The molecule has 0 aromatic heterocycles. The molecule has 1 aliphatic rings. The minimum absolute atomic E-state index is 0.793. The molecule has 0 N–H and O–H groups in total. The van der Waals surface area contributed by atoms with E-state index in [2.05, 4.69) is 6.55 Å². The van der Waals surface area contributed by atoms with Crippen LogP contribution in [0.15, 0.2) is 0 Å². The Balaban J connectivity index is 2.51.